The Balaban J connectivity index is 2.03. The average Bonchev–Trinajstić information content (AvgIpc) is 3.26. The van der Waals surface area contributed by atoms with Gasteiger partial charge in [0.05, 0.1) is 6.04 Å². The summed E-state index contributed by atoms with van der Waals surface area (Å²) in [4.78, 5) is 9.40. The topological polar surface area (TPSA) is 56.7 Å². The summed E-state index contributed by atoms with van der Waals surface area (Å²) < 4.78 is 2.09. The van der Waals surface area contributed by atoms with Crippen molar-refractivity contribution < 1.29 is 0 Å². The SMILES string of the molecule is C[C@H](N)c1nc2c(C3CC3)ccnc2n1-c1ccccc1. The van der Waals surface area contributed by atoms with Crippen LogP contribution >= 0.6 is 0 Å². The van der Waals surface area contributed by atoms with Crippen molar-refractivity contribution in [1.82, 2.24) is 14.5 Å². The van der Waals surface area contributed by atoms with Crippen LogP contribution in [0.1, 0.15) is 43.1 Å². The van der Waals surface area contributed by atoms with E-state index in [9.17, 15) is 0 Å². The number of aromatic nitrogens is 3. The van der Waals surface area contributed by atoms with Gasteiger partial charge in [-0.25, -0.2) is 9.97 Å². The van der Waals surface area contributed by atoms with E-state index < -0.39 is 0 Å². The van der Waals surface area contributed by atoms with Gasteiger partial charge in [0.1, 0.15) is 11.3 Å². The number of hydrogen-bond donors (Lipinski definition) is 1. The molecule has 106 valence electrons. The van der Waals surface area contributed by atoms with Crippen molar-refractivity contribution in [3.05, 3.63) is 54.0 Å². The average molecular weight is 278 g/mol. The van der Waals surface area contributed by atoms with Crippen LogP contribution in [0.5, 0.6) is 0 Å². The maximum atomic E-state index is 6.15. The van der Waals surface area contributed by atoms with Crippen LogP contribution in [0.2, 0.25) is 0 Å². The van der Waals surface area contributed by atoms with Crippen LogP contribution in [-0.2, 0) is 0 Å². The predicted molar refractivity (Wildman–Crippen MR) is 83.4 cm³/mol. The lowest BCUT2D eigenvalue weighted by Crippen LogP contribution is -2.12. The van der Waals surface area contributed by atoms with E-state index >= 15 is 0 Å². The molecule has 0 amide bonds. The standard InChI is InChI=1S/C17H18N4/c1-11(18)16-20-15-14(12-7-8-12)9-10-19-17(15)21(16)13-5-3-2-4-6-13/h2-6,9-12H,7-8,18H2,1H3/t11-/m0/s1. The second-order valence-corrected chi connectivity index (χ2v) is 5.78. The van der Waals surface area contributed by atoms with Crippen molar-refractivity contribution in [2.24, 2.45) is 5.73 Å². The van der Waals surface area contributed by atoms with Crippen LogP contribution in [0.3, 0.4) is 0 Å². The van der Waals surface area contributed by atoms with Gasteiger partial charge >= 0.3 is 0 Å². The van der Waals surface area contributed by atoms with E-state index in [1.165, 1.54) is 18.4 Å². The zero-order valence-electron chi connectivity index (χ0n) is 12.0. The summed E-state index contributed by atoms with van der Waals surface area (Å²) in [6.45, 7) is 1.97. The zero-order valence-corrected chi connectivity index (χ0v) is 12.0. The quantitative estimate of drug-likeness (QED) is 0.799. The number of fused-ring (bicyclic) bond motifs is 1. The van der Waals surface area contributed by atoms with Crippen LogP contribution in [-0.4, -0.2) is 14.5 Å². The van der Waals surface area contributed by atoms with Gasteiger partial charge in [0.2, 0.25) is 0 Å². The van der Waals surface area contributed by atoms with Crippen molar-refractivity contribution in [3.63, 3.8) is 0 Å². The molecule has 0 bridgehead atoms. The lowest BCUT2D eigenvalue weighted by atomic mass is 10.1. The Hall–Kier alpha value is -2.20. The highest BCUT2D eigenvalue weighted by Gasteiger charge is 2.28. The van der Waals surface area contributed by atoms with Crippen molar-refractivity contribution >= 4 is 11.2 Å². The molecule has 2 N–H and O–H groups in total. The number of imidazole rings is 1. The molecule has 0 aliphatic heterocycles. The largest absolute Gasteiger partial charge is 0.322 e. The van der Waals surface area contributed by atoms with E-state index in [1.807, 2.05) is 31.3 Å². The second kappa shape index (κ2) is 4.67. The molecule has 4 nitrogen and oxygen atoms in total. The fourth-order valence-corrected chi connectivity index (χ4v) is 2.87. The first kappa shape index (κ1) is 12.5. The number of nitrogens with two attached hydrogens (primary N) is 1. The van der Waals surface area contributed by atoms with Gasteiger partial charge < -0.3 is 5.73 Å². The highest BCUT2D eigenvalue weighted by atomic mass is 15.1. The molecule has 0 radical (unpaired) electrons. The molecule has 3 aromatic rings. The van der Waals surface area contributed by atoms with E-state index in [2.05, 4.69) is 27.8 Å². The molecule has 21 heavy (non-hydrogen) atoms. The molecule has 1 aliphatic rings. The Bertz CT molecular complexity index is 785. The normalized spacial score (nSPS) is 16.3. The minimum absolute atomic E-state index is 0.133. The molecular formula is C17H18N4. The van der Waals surface area contributed by atoms with Crippen molar-refractivity contribution in [3.8, 4) is 5.69 Å². The predicted octanol–water partition coefficient (Wildman–Crippen LogP) is 3.32. The molecule has 2 aromatic heterocycles. The van der Waals surface area contributed by atoms with Gasteiger partial charge in [0, 0.05) is 11.9 Å². The van der Waals surface area contributed by atoms with Gasteiger partial charge in [-0.3, -0.25) is 4.57 Å². The molecule has 4 rings (SSSR count). The van der Waals surface area contributed by atoms with Crippen molar-refractivity contribution in [1.29, 1.82) is 0 Å². The van der Waals surface area contributed by atoms with E-state index in [4.69, 9.17) is 10.7 Å². The Morgan fingerprint density at radius 2 is 1.95 bits per heavy atom. The lowest BCUT2D eigenvalue weighted by Gasteiger charge is -2.10. The summed E-state index contributed by atoms with van der Waals surface area (Å²) in [5, 5.41) is 0. The molecule has 1 atom stereocenters. The summed E-state index contributed by atoms with van der Waals surface area (Å²) in [6.07, 6.45) is 4.40. The molecule has 1 fully saturated rings. The first-order valence-electron chi connectivity index (χ1n) is 7.44. The Kier molecular flexibility index (Phi) is 2.79. The maximum absolute atomic E-state index is 6.15. The minimum Gasteiger partial charge on any atom is -0.322 e. The Morgan fingerprint density at radius 1 is 1.19 bits per heavy atom. The molecule has 1 saturated carbocycles. The fraction of sp³-hybridized carbons (Fsp3) is 0.294. The monoisotopic (exact) mass is 278 g/mol. The van der Waals surface area contributed by atoms with E-state index in [1.54, 1.807) is 0 Å². The third-order valence-electron chi connectivity index (χ3n) is 4.04. The van der Waals surface area contributed by atoms with Gasteiger partial charge in [-0.15, -0.1) is 0 Å². The van der Waals surface area contributed by atoms with Crippen molar-refractivity contribution in [2.75, 3.05) is 0 Å². The number of rotatable bonds is 3. The highest BCUT2D eigenvalue weighted by molar-refractivity contribution is 5.78. The third-order valence-corrected chi connectivity index (χ3v) is 4.04. The number of hydrogen-bond acceptors (Lipinski definition) is 3. The number of pyridine rings is 1. The van der Waals surface area contributed by atoms with Gasteiger partial charge in [-0.05, 0) is 49.4 Å². The van der Waals surface area contributed by atoms with E-state index in [0.29, 0.717) is 5.92 Å². The second-order valence-electron chi connectivity index (χ2n) is 5.78. The van der Waals surface area contributed by atoms with E-state index in [-0.39, 0.29) is 6.04 Å². The molecule has 0 unspecified atom stereocenters. The maximum Gasteiger partial charge on any atom is 0.165 e. The smallest absolute Gasteiger partial charge is 0.165 e. The Labute approximate surface area is 123 Å². The van der Waals surface area contributed by atoms with Crippen LogP contribution in [0.15, 0.2) is 42.6 Å². The molecule has 4 heteroatoms. The zero-order chi connectivity index (χ0) is 14.4. The van der Waals surface area contributed by atoms with Gasteiger partial charge in [-0.1, -0.05) is 18.2 Å². The lowest BCUT2D eigenvalue weighted by molar-refractivity contribution is 0.725. The summed E-state index contributed by atoms with van der Waals surface area (Å²) >= 11 is 0. The molecule has 1 aromatic carbocycles. The molecule has 0 saturated heterocycles. The third kappa shape index (κ3) is 2.03. The first-order chi connectivity index (χ1) is 10.3. The first-order valence-corrected chi connectivity index (χ1v) is 7.44. The fourth-order valence-electron chi connectivity index (χ4n) is 2.87. The van der Waals surface area contributed by atoms with Crippen LogP contribution in [0.25, 0.3) is 16.9 Å². The van der Waals surface area contributed by atoms with E-state index in [0.717, 1.165) is 22.7 Å². The summed E-state index contributed by atoms with van der Waals surface area (Å²) in [6, 6.07) is 12.2. The Morgan fingerprint density at radius 3 is 2.62 bits per heavy atom. The highest BCUT2D eigenvalue weighted by Crippen LogP contribution is 2.42. The summed E-state index contributed by atoms with van der Waals surface area (Å²) in [5.41, 5.74) is 10.5. The molecular weight excluding hydrogens is 260 g/mol. The number of benzene rings is 1. The summed E-state index contributed by atoms with van der Waals surface area (Å²) in [5.74, 6) is 1.52. The van der Waals surface area contributed by atoms with Gasteiger partial charge in [0.25, 0.3) is 0 Å². The molecule has 2 heterocycles. The van der Waals surface area contributed by atoms with Gasteiger partial charge in [0.15, 0.2) is 5.65 Å². The molecule has 0 spiro atoms. The molecule has 1 aliphatic carbocycles. The minimum atomic E-state index is -0.133. The number of para-hydroxylation sites is 1. The van der Waals surface area contributed by atoms with Crippen LogP contribution in [0.4, 0.5) is 0 Å². The van der Waals surface area contributed by atoms with Crippen molar-refractivity contribution in [2.45, 2.75) is 31.7 Å². The summed E-state index contributed by atoms with van der Waals surface area (Å²) in [7, 11) is 0. The van der Waals surface area contributed by atoms with Crippen LogP contribution in [0, 0.1) is 0 Å². The van der Waals surface area contributed by atoms with Crippen LogP contribution < -0.4 is 5.73 Å². The van der Waals surface area contributed by atoms with Gasteiger partial charge in [-0.2, -0.15) is 0 Å². The number of nitrogens with zero attached hydrogens (tertiary/aromatic N) is 3.